The van der Waals surface area contributed by atoms with Crippen LogP contribution in [0.5, 0.6) is 0 Å². The van der Waals surface area contributed by atoms with Crippen molar-refractivity contribution in [2.45, 2.75) is 46.1 Å². The van der Waals surface area contributed by atoms with Crippen LogP contribution in [0.25, 0.3) is 0 Å². The van der Waals surface area contributed by atoms with Gasteiger partial charge in [0.2, 0.25) is 0 Å². The molecular weight excluding hydrogens is 298 g/mol. The number of amides is 2. The van der Waals surface area contributed by atoms with Gasteiger partial charge in [-0.05, 0) is 25.7 Å². The number of unbranched alkanes of at least 4 members (excludes halogenated alkanes) is 1. The zero-order valence-electron chi connectivity index (χ0n) is 13.3. The number of imidazole rings is 1. The summed E-state index contributed by atoms with van der Waals surface area (Å²) in [6.07, 6.45) is 5.72. The number of thiazole rings is 1. The summed E-state index contributed by atoms with van der Waals surface area (Å²) < 4.78 is 2.11. The quantitative estimate of drug-likeness (QED) is 0.768. The van der Waals surface area contributed by atoms with Crippen molar-refractivity contribution in [1.82, 2.24) is 19.9 Å². The van der Waals surface area contributed by atoms with E-state index in [-0.39, 0.29) is 6.03 Å². The Morgan fingerprint density at radius 1 is 1.41 bits per heavy atom. The fourth-order valence-electron chi connectivity index (χ4n) is 2.00. The van der Waals surface area contributed by atoms with E-state index in [1.54, 1.807) is 6.20 Å². The van der Waals surface area contributed by atoms with Crippen LogP contribution < -0.4 is 10.6 Å². The van der Waals surface area contributed by atoms with Crippen LogP contribution in [0.4, 0.5) is 9.93 Å². The van der Waals surface area contributed by atoms with Crippen molar-refractivity contribution in [2.75, 3.05) is 11.9 Å². The largest absolute Gasteiger partial charge is 0.338 e. The molecule has 0 saturated carbocycles. The molecule has 0 bridgehead atoms. The number of anilines is 1. The lowest BCUT2D eigenvalue weighted by Crippen LogP contribution is -2.29. The summed E-state index contributed by atoms with van der Waals surface area (Å²) >= 11 is 1.46. The number of aromatic nitrogens is 3. The molecule has 0 fully saturated rings. The van der Waals surface area contributed by atoms with Crippen molar-refractivity contribution in [3.8, 4) is 0 Å². The SMILES string of the molecule is Cc1nccn1CCCCNC(=O)Nc1nc(C(C)C)cs1. The highest BCUT2D eigenvalue weighted by atomic mass is 32.1. The maximum absolute atomic E-state index is 11.8. The molecule has 0 aromatic carbocycles. The zero-order valence-corrected chi connectivity index (χ0v) is 14.1. The number of carbonyl (C=O) groups is 1. The molecular formula is C15H23N5OS. The van der Waals surface area contributed by atoms with Gasteiger partial charge >= 0.3 is 6.03 Å². The van der Waals surface area contributed by atoms with Gasteiger partial charge < -0.3 is 9.88 Å². The van der Waals surface area contributed by atoms with Gasteiger partial charge in [-0.15, -0.1) is 11.3 Å². The zero-order chi connectivity index (χ0) is 15.9. The van der Waals surface area contributed by atoms with Crippen LogP contribution in [-0.4, -0.2) is 27.1 Å². The molecule has 22 heavy (non-hydrogen) atoms. The van der Waals surface area contributed by atoms with E-state index in [2.05, 4.69) is 39.0 Å². The molecule has 0 unspecified atom stereocenters. The van der Waals surface area contributed by atoms with Crippen LogP contribution in [0.15, 0.2) is 17.8 Å². The number of nitrogens with zero attached hydrogens (tertiary/aromatic N) is 3. The minimum atomic E-state index is -0.191. The maximum Gasteiger partial charge on any atom is 0.321 e. The fourth-order valence-corrected chi connectivity index (χ4v) is 2.87. The average Bonchev–Trinajstić information content (AvgIpc) is 3.08. The third-order valence-electron chi connectivity index (χ3n) is 3.37. The molecule has 2 heterocycles. The molecule has 0 spiro atoms. The van der Waals surface area contributed by atoms with Crippen LogP contribution in [0.3, 0.4) is 0 Å². The van der Waals surface area contributed by atoms with E-state index >= 15 is 0 Å². The van der Waals surface area contributed by atoms with Crippen LogP contribution in [0.1, 0.15) is 44.1 Å². The predicted octanol–water partition coefficient (Wildman–Crippen LogP) is 3.37. The average molecular weight is 321 g/mol. The van der Waals surface area contributed by atoms with Gasteiger partial charge in [0.15, 0.2) is 5.13 Å². The Kier molecular flexibility index (Phi) is 5.94. The molecule has 0 radical (unpaired) electrons. The standard InChI is InChI=1S/C15H23N5OS/c1-11(2)13-10-22-15(18-13)19-14(21)17-6-4-5-8-20-9-7-16-12(20)3/h7,9-11H,4-6,8H2,1-3H3,(H2,17,18,19,21). The fraction of sp³-hybridized carbons (Fsp3) is 0.533. The third-order valence-corrected chi connectivity index (χ3v) is 4.14. The smallest absolute Gasteiger partial charge is 0.321 e. The summed E-state index contributed by atoms with van der Waals surface area (Å²) in [4.78, 5) is 20.3. The lowest BCUT2D eigenvalue weighted by atomic mass is 10.2. The number of hydrogen-bond donors (Lipinski definition) is 2. The normalized spacial score (nSPS) is 10.9. The van der Waals surface area contributed by atoms with Gasteiger partial charge in [0.1, 0.15) is 5.82 Å². The Bertz CT molecular complexity index is 605. The number of carbonyl (C=O) groups excluding carboxylic acids is 1. The molecule has 0 atom stereocenters. The topological polar surface area (TPSA) is 71.8 Å². The molecule has 2 N–H and O–H groups in total. The highest BCUT2D eigenvalue weighted by molar-refractivity contribution is 7.13. The molecule has 6 nitrogen and oxygen atoms in total. The first-order chi connectivity index (χ1) is 10.6. The maximum atomic E-state index is 11.8. The summed E-state index contributed by atoms with van der Waals surface area (Å²) in [7, 11) is 0. The highest BCUT2D eigenvalue weighted by Crippen LogP contribution is 2.21. The number of nitrogens with one attached hydrogen (secondary N) is 2. The Morgan fingerprint density at radius 3 is 2.86 bits per heavy atom. The summed E-state index contributed by atoms with van der Waals surface area (Å²) in [5.74, 6) is 1.40. The molecule has 2 amide bonds. The van der Waals surface area contributed by atoms with Gasteiger partial charge in [0, 0.05) is 30.9 Å². The van der Waals surface area contributed by atoms with Gasteiger partial charge in [-0.2, -0.15) is 0 Å². The molecule has 120 valence electrons. The molecule has 0 saturated heterocycles. The minimum absolute atomic E-state index is 0.191. The van der Waals surface area contributed by atoms with Gasteiger partial charge in [-0.3, -0.25) is 5.32 Å². The predicted molar refractivity (Wildman–Crippen MR) is 89.4 cm³/mol. The van der Waals surface area contributed by atoms with Gasteiger partial charge in [0.25, 0.3) is 0 Å². The van der Waals surface area contributed by atoms with Crippen LogP contribution >= 0.6 is 11.3 Å². The van der Waals surface area contributed by atoms with E-state index in [0.29, 0.717) is 17.6 Å². The first kappa shape index (κ1) is 16.5. The second kappa shape index (κ2) is 7.93. The highest BCUT2D eigenvalue weighted by Gasteiger charge is 2.08. The van der Waals surface area contributed by atoms with Crippen molar-refractivity contribution in [3.05, 3.63) is 29.3 Å². The Morgan fingerprint density at radius 2 is 2.23 bits per heavy atom. The molecule has 7 heteroatoms. The number of urea groups is 1. The van der Waals surface area contributed by atoms with E-state index in [9.17, 15) is 4.79 Å². The lowest BCUT2D eigenvalue weighted by Gasteiger charge is -2.07. The molecule has 2 aromatic rings. The molecule has 2 rings (SSSR count). The van der Waals surface area contributed by atoms with Crippen molar-refractivity contribution in [2.24, 2.45) is 0 Å². The Hall–Kier alpha value is -1.89. The minimum Gasteiger partial charge on any atom is -0.338 e. The van der Waals surface area contributed by atoms with E-state index in [0.717, 1.165) is 30.9 Å². The second-order valence-electron chi connectivity index (χ2n) is 5.49. The number of aryl methyl sites for hydroxylation is 2. The van der Waals surface area contributed by atoms with Crippen LogP contribution in [-0.2, 0) is 6.54 Å². The summed E-state index contributed by atoms with van der Waals surface area (Å²) in [5, 5.41) is 8.26. The summed E-state index contributed by atoms with van der Waals surface area (Å²) in [6, 6.07) is -0.191. The van der Waals surface area contributed by atoms with E-state index in [1.165, 1.54) is 11.3 Å². The Balaban J connectivity index is 1.62. The molecule has 0 aliphatic carbocycles. The number of rotatable bonds is 7. The van der Waals surface area contributed by atoms with Crippen LogP contribution in [0.2, 0.25) is 0 Å². The molecule has 0 aliphatic heterocycles. The van der Waals surface area contributed by atoms with Crippen molar-refractivity contribution in [1.29, 1.82) is 0 Å². The summed E-state index contributed by atoms with van der Waals surface area (Å²) in [5.41, 5.74) is 1.01. The van der Waals surface area contributed by atoms with E-state index in [1.807, 2.05) is 18.5 Å². The lowest BCUT2D eigenvalue weighted by molar-refractivity contribution is 0.252. The van der Waals surface area contributed by atoms with E-state index < -0.39 is 0 Å². The van der Waals surface area contributed by atoms with Crippen molar-refractivity contribution in [3.63, 3.8) is 0 Å². The van der Waals surface area contributed by atoms with Gasteiger partial charge in [0.05, 0.1) is 5.69 Å². The van der Waals surface area contributed by atoms with Crippen molar-refractivity contribution < 1.29 is 4.79 Å². The molecule has 0 aliphatic rings. The molecule has 2 aromatic heterocycles. The second-order valence-corrected chi connectivity index (χ2v) is 6.35. The van der Waals surface area contributed by atoms with E-state index in [4.69, 9.17) is 0 Å². The number of hydrogen-bond acceptors (Lipinski definition) is 4. The third kappa shape index (κ3) is 4.84. The Labute approximate surface area is 135 Å². The first-order valence-electron chi connectivity index (χ1n) is 7.54. The van der Waals surface area contributed by atoms with Crippen LogP contribution in [0, 0.1) is 6.92 Å². The van der Waals surface area contributed by atoms with Gasteiger partial charge in [-0.25, -0.2) is 14.8 Å². The van der Waals surface area contributed by atoms with Crippen molar-refractivity contribution >= 4 is 22.5 Å². The first-order valence-corrected chi connectivity index (χ1v) is 8.42. The summed E-state index contributed by atoms with van der Waals surface area (Å²) in [6.45, 7) is 7.74. The van der Waals surface area contributed by atoms with Gasteiger partial charge in [-0.1, -0.05) is 13.8 Å². The monoisotopic (exact) mass is 321 g/mol.